The fourth-order valence-corrected chi connectivity index (χ4v) is 14.8. The summed E-state index contributed by atoms with van der Waals surface area (Å²) in [6.45, 7) is 18.4. The van der Waals surface area contributed by atoms with Crippen LogP contribution in [0.25, 0.3) is 0 Å². The molecule has 0 saturated heterocycles. The van der Waals surface area contributed by atoms with Gasteiger partial charge in [0.25, 0.3) is 0 Å². The van der Waals surface area contributed by atoms with Crippen LogP contribution in [-0.2, 0) is 4.79 Å². The Bertz CT molecular complexity index is 1190. The quantitative estimate of drug-likeness (QED) is 0.299. The van der Waals surface area contributed by atoms with Crippen molar-refractivity contribution in [3.63, 3.8) is 0 Å². The van der Waals surface area contributed by atoms with Crippen molar-refractivity contribution in [1.29, 1.82) is 0 Å². The molecular weight excluding hydrogens is 564 g/mol. The smallest absolute Gasteiger partial charge is 0.133 e. The van der Waals surface area contributed by atoms with Crippen LogP contribution in [0, 0.1) is 69.0 Å². The SMILES string of the molecule is C=C(C)[C@H]1CC[C@H]2[C@@H]3CC=C4C[C@@H](O)CC[C@]4(C)[C@H]3CC[C@]12C.CC(=O)[C@H]1CC[C@H]2[C@@H]3CC=C4C[C@@H](O)CC[C@]4(C)[C@H]3CC[C@]12C. The highest BCUT2D eigenvalue weighted by molar-refractivity contribution is 5.79. The first kappa shape index (κ1) is 33.3. The van der Waals surface area contributed by atoms with Crippen molar-refractivity contribution in [2.45, 2.75) is 156 Å². The number of carbonyl (C=O) groups is 1. The third kappa shape index (κ3) is 4.96. The lowest BCUT2D eigenvalue weighted by atomic mass is 9.47. The van der Waals surface area contributed by atoms with Gasteiger partial charge in [-0.15, -0.1) is 0 Å². The third-order valence-electron chi connectivity index (χ3n) is 17.2. The summed E-state index contributed by atoms with van der Waals surface area (Å²) in [6, 6.07) is 0. The van der Waals surface area contributed by atoms with Gasteiger partial charge in [0.15, 0.2) is 0 Å². The summed E-state index contributed by atoms with van der Waals surface area (Å²) < 4.78 is 0. The Morgan fingerprint density at radius 1 is 0.630 bits per heavy atom. The minimum Gasteiger partial charge on any atom is -0.393 e. The molecule has 256 valence electrons. The molecular formula is C43H66O3. The molecule has 14 atom stereocenters. The summed E-state index contributed by atoms with van der Waals surface area (Å²) in [5.74, 6) is 6.38. The second-order valence-corrected chi connectivity index (χ2v) is 19.1. The molecule has 0 aliphatic heterocycles. The van der Waals surface area contributed by atoms with Crippen molar-refractivity contribution in [1.82, 2.24) is 0 Å². The molecule has 0 amide bonds. The van der Waals surface area contributed by atoms with Crippen molar-refractivity contribution in [2.75, 3.05) is 0 Å². The Balaban J connectivity index is 0.000000147. The lowest BCUT2D eigenvalue weighted by molar-refractivity contribution is -0.127. The molecule has 0 aromatic rings. The van der Waals surface area contributed by atoms with E-state index in [4.69, 9.17) is 0 Å². The van der Waals surface area contributed by atoms with E-state index in [1.165, 1.54) is 69.8 Å². The summed E-state index contributed by atoms with van der Waals surface area (Å²) in [7, 11) is 0. The Morgan fingerprint density at radius 3 is 1.50 bits per heavy atom. The number of aliphatic hydroxyl groups excluding tert-OH is 2. The maximum Gasteiger partial charge on any atom is 0.133 e. The number of carbonyl (C=O) groups excluding carboxylic acids is 1. The molecule has 0 spiro atoms. The molecule has 0 radical (unpaired) electrons. The molecule has 0 aromatic heterocycles. The molecule has 3 heteroatoms. The fourth-order valence-electron chi connectivity index (χ4n) is 14.8. The summed E-state index contributed by atoms with van der Waals surface area (Å²) >= 11 is 0. The zero-order valence-corrected chi connectivity index (χ0v) is 30.3. The summed E-state index contributed by atoms with van der Waals surface area (Å²) in [4.78, 5) is 12.2. The molecule has 6 saturated carbocycles. The predicted octanol–water partition coefficient (Wildman–Crippen LogP) is 10.0. The number of hydrogen-bond acceptors (Lipinski definition) is 3. The van der Waals surface area contributed by atoms with Crippen molar-refractivity contribution in [2.24, 2.45) is 69.0 Å². The Kier molecular flexibility index (Phi) is 8.48. The molecule has 0 aromatic carbocycles. The zero-order valence-electron chi connectivity index (χ0n) is 30.3. The highest BCUT2D eigenvalue weighted by atomic mass is 16.3. The number of Topliss-reactive ketones (excluding diaryl/α,β-unsaturated/α-hetero) is 1. The topological polar surface area (TPSA) is 57.5 Å². The predicted molar refractivity (Wildman–Crippen MR) is 188 cm³/mol. The maximum absolute atomic E-state index is 12.2. The highest BCUT2D eigenvalue weighted by Crippen LogP contribution is 2.68. The van der Waals surface area contributed by atoms with Crippen molar-refractivity contribution in [3.05, 3.63) is 35.5 Å². The first-order valence-corrected chi connectivity index (χ1v) is 19.6. The van der Waals surface area contributed by atoms with Gasteiger partial charge in [0.1, 0.15) is 5.78 Å². The van der Waals surface area contributed by atoms with E-state index in [0.717, 1.165) is 80.0 Å². The van der Waals surface area contributed by atoms with Gasteiger partial charge < -0.3 is 10.2 Å². The van der Waals surface area contributed by atoms with Gasteiger partial charge in [-0.3, -0.25) is 4.79 Å². The molecule has 46 heavy (non-hydrogen) atoms. The van der Waals surface area contributed by atoms with E-state index in [1.54, 1.807) is 11.1 Å². The van der Waals surface area contributed by atoms with Crippen LogP contribution < -0.4 is 0 Å². The average Bonchev–Trinajstić information content (AvgIpc) is 3.55. The molecule has 0 unspecified atom stereocenters. The van der Waals surface area contributed by atoms with Crippen molar-refractivity contribution in [3.8, 4) is 0 Å². The minimum absolute atomic E-state index is 0.0843. The van der Waals surface area contributed by atoms with Crippen LogP contribution in [0.15, 0.2) is 35.5 Å². The number of allylic oxidation sites excluding steroid dienone is 3. The largest absolute Gasteiger partial charge is 0.393 e. The number of rotatable bonds is 2. The highest BCUT2D eigenvalue weighted by Gasteiger charge is 2.60. The summed E-state index contributed by atoms with van der Waals surface area (Å²) in [5, 5.41) is 20.2. The van der Waals surface area contributed by atoms with Gasteiger partial charge in [-0.05, 0) is 180 Å². The van der Waals surface area contributed by atoms with Crippen LogP contribution >= 0.6 is 0 Å². The number of fused-ring (bicyclic) bond motifs is 10. The van der Waals surface area contributed by atoms with Crippen molar-refractivity contribution < 1.29 is 15.0 Å². The molecule has 8 aliphatic rings. The molecule has 8 aliphatic carbocycles. The Labute approximate surface area is 281 Å². The van der Waals surface area contributed by atoms with Crippen LogP contribution in [-0.4, -0.2) is 28.2 Å². The average molecular weight is 631 g/mol. The first-order chi connectivity index (χ1) is 21.7. The van der Waals surface area contributed by atoms with Crippen LogP contribution in [0.2, 0.25) is 0 Å². The van der Waals surface area contributed by atoms with Gasteiger partial charge in [-0.25, -0.2) is 0 Å². The van der Waals surface area contributed by atoms with Crippen molar-refractivity contribution >= 4 is 5.78 Å². The van der Waals surface area contributed by atoms with Gasteiger partial charge in [0.05, 0.1) is 12.2 Å². The Hall–Kier alpha value is -1.19. The van der Waals surface area contributed by atoms with E-state index in [2.05, 4.69) is 53.3 Å². The van der Waals surface area contributed by atoms with E-state index in [1.807, 2.05) is 6.92 Å². The van der Waals surface area contributed by atoms with E-state index in [-0.39, 0.29) is 17.6 Å². The first-order valence-electron chi connectivity index (χ1n) is 19.6. The summed E-state index contributed by atoms with van der Waals surface area (Å²) in [5.41, 5.74) is 6.01. The standard InChI is InChI=1S/C22H34O.C21H32O2/c1-14(2)18-7-8-19-17-6-5-15-13-16(23)9-11-21(15,3)20(17)10-12-22(18,19)4;1-13(22)17-6-7-18-16-5-4-14-12-15(23)8-10-20(14,2)19(16)9-11-21(17,18)3/h5,16-20,23H,1,6-13H2,2-4H3;4,15-19,23H,5-12H2,1-3H3/t16-,17-,18+,19-,20-,21-,22+;15-,16-,17+,18-,19-,20-,21+/m00/s1. The van der Waals surface area contributed by atoms with Crippen LogP contribution in [0.5, 0.6) is 0 Å². The lowest BCUT2D eigenvalue weighted by Gasteiger charge is -2.58. The monoisotopic (exact) mass is 631 g/mol. The van der Waals surface area contributed by atoms with E-state index >= 15 is 0 Å². The Morgan fingerprint density at radius 2 is 1.07 bits per heavy atom. The van der Waals surface area contributed by atoms with Gasteiger partial charge in [0, 0.05) is 5.92 Å². The molecule has 8 rings (SSSR count). The molecule has 0 bridgehead atoms. The van der Waals surface area contributed by atoms with Gasteiger partial charge in [-0.1, -0.05) is 63.1 Å². The van der Waals surface area contributed by atoms with Crippen LogP contribution in [0.1, 0.15) is 144 Å². The second-order valence-electron chi connectivity index (χ2n) is 19.1. The fraction of sp³-hybridized carbons (Fsp3) is 0.837. The lowest BCUT2D eigenvalue weighted by Crippen LogP contribution is -2.50. The number of aliphatic hydroxyl groups is 2. The van der Waals surface area contributed by atoms with Gasteiger partial charge in [0.2, 0.25) is 0 Å². The van der Waals surface area contributed by atoms with Gasteiger partial charge >= 0.3 is 0 Å². The van der Waals surface area contributed by atoms with E-state index < -0.39 is 0 Å². The zero-order chi connectivity index (χ0) is 32.8. The summed E-state index contributed by atoms with van der Waals surface area (Å²) in [6.07, 6.45) is 23.9. The maximum atomic E-state index is 12.2. The van der Waals surface area contributed by atoms with Crippen LogP contribution in [0.4, 0.5) is 0 Å². The van der Waals surface area contributed by atoms with Crippen LogP contribution in [0.3, 0.4) is 0 Å². The molecule has 3 nitrogen and oxygen atoms in total. The molecule has 0 heterocycles. The number of hydrogen-bond donors (Lipinski definition) is 2. The van der Waals surface area contributed by atoms with E-state index in [0.29, 0.717) is 27.9 Å². The minimum atomic E-state index is -0.117. The van der Waals surface area contributed by atoms with E-state index in [9.17, 15) is 15.0 Å². The second kappa shape index (κ2) is 11.7. The third-order valence-corrected chi connectivity index (χ3v) is 17.2. The number of ketones is 1. The molecule has 2 N–H and O–H groups in total. The normalized spacial score (nSPS) is 52.2. The van der Waals surface area contributed by atoms with Gasteiger partial charge in [-0.2, -0.15) is 0 Å². The molecule has 6 fully saturated rings.